The molecular weight excluding hydrogens is 312 g/mol. The summed E-state index contributed by atoms with van der Waals surface area (Å²) in [7, 11) is 1.97. The van der Waals surface area contributed by atoms with Crippen LogP contribution in [0, 0.1) is 0 Å². The Bertz CT molecular complexity index is 442. The van der Waals surface area contributed by atoms with E-state index in [2.05, 4.69) is 17.4 Å². The number of benzene rings is 1. The molecule has 0 bridgehead atoms. The number of amides is 1. The minimum atomic E-state index is 0. The molecule has 4 nitrogen and oxygen atoms in total. The summed E-state index contributed by atoms with van der Waals surface area (Å²) in [4.78, 5) is 14.2. The van der Waals surface area contributed by atoms with Crippen molar-refractivity contribution in [2.75, 3.05) is 33.4 Å². The van der Waals surface area contributed by atoms with Gasteiger partial charge in [0.2, 0.25) is 5.91 Å². The second-order valence-corrected chi connectivity index (χ2v) is 5.92. The number of nitrogens with one attached hydrogen (secondary N) is 1. The molecule has 1 aromatic rings. The number of rotatable bonds is 8. The zero-order valence-corrected chi connectivity index (χ0v) is 14.8. The molecule has 5 heteroatoms. The summed E-state index contributed by atoms with van der Waals surface area (Å²) < 4.78 is 5.63. The number of carbonyl (C=O) groups excluding carboxylic acids is 1. The number of piperidine rings is 1. The average molecular weight is 341 g/mol. The largest absolute Gasteiger partial charge is 0.381 e. The third kappa shape index (κ3) is 7.34. The van der Waals surface area contributed by atoms with E-state index in [1.807, 2.05) is 30.1 Å². The van der Waals surface area contributed by atoms with Crippen LogP contribution in [0.1, 0.15) is 31.2 Å². The number of carbonyl (C=O) groups is 1. The van der Waals surface area contributed by atoms with Crippen molar-refractivity contribution in [3.05, 3.63) is 35.9 Å². The molecule has 2 rings (SSSR count). The monoisotopic (exact) mass is 340 g/mol. The molecule has 130 valence electrons. The number of nitrogens with zero attached hydrogens (tertiary/aromatic N) is 1. The molecule has 1 aliphatic heterocycles. The molecule has 0 saturated carbocycles. The zero-order valence-electron chi connectivity index (χ0n) is 14.0. The molecule has 1 unspecified atom stereocenters. The van der Waals surface area contributed by atoms with Crippen LogP contribution in [0.5, 0.6) is 0 Å². The van der Waals surface area contributed by atoms with E-state index in [0.29, 0.717) is 19.1 Å². The van der Waals surface area contributed by atoms with E-state index in [9.17, 15) is 4.79 Å². The van der Waals surface area contributed by atoms with E-state index in [-0.39, 0.29) is 18.3 Å². The highest BCUT2D eigenvalue weighted by molar-refractivity contribution is 5.85. The van der Waals surface area contributed by atoms with Crippen LogP contribution in [0.15, 0.2) is 30.3 Å². The van der Waals surface area contributed by atoms with Crippen molar-refractivity contribution in [1.29, 1.82) is 0 Å². The van der Waals surface area contributed by atoms with Gasteiger partial charge in [-0.3, -0.25) is 4.79 Å². The lowest BCUT2D eigenvalue weighted by Gasteiger charge is -2.32. The molecule has 0 spiro atoms. The molecule has 1 heterocycles. The summed E-state index contributed by atoms with van der Waals surface area (Å²) in [6, 6.07) is 10.8. The maximum Gasteiger partial charge on any atom is 0.222 e. The lowest BCUT2D eigenvalue weighted by molar-refractivity contribution is -0.132. The lowest BCUT2D eigenvalue weighted by Crippen LogP contribution is -2.46. The first-order valence-corrected chi connectivity index (χ1v) is 8.36. The lowest BCUT2D eigenvalue weighted by atomic mass is 10.1. The number of hydrogen-bond acceptors (Lipinski definition) is 3. The number of likely N-dealkylation sites (tertiary alicyclic amines) is 1. The fourth-order valence-electron chi connectivity index (χ4n) is 2.86. The number of halogens is 1. The van der Waals surface area contributed by atoms with Gasteiger partial charge in [-0.1, -0.05) is 30.3 Å². The number of hydrogen-bond donors (Lipinski definition) is 1. The molecule has 1 N–H and O–H groups in total. The molecule has 1 saturated heterocycles. The Morgan fingerprint density at radius 1 is 1.30 bits per heavy atom. The summed E-state index contributed by atoms with van der Waals surface area (Å²) in [5.41, 5.74) is 1.30. The predicted molar refractivity (Wildman–Crippen MR) is 96.1 cm³/mol. The van der Waals surface area contributed by atoms with Gasteiger partial charge < -0.3 is 15.0 Å². The molecule has 0 aromatic heterocycles. The molecule has 0 aliphatic carbocycles. The quantitative estimate of drug-likeness (QED) is 0.740. The molecule has 23 heavy (non-hydrogen) atoms. The Kier molecular flexibility index (Phi) is 9.92. The van der Waals surface area contributed by atoms with E-state index in [4.69, 9.17) is 4.74 Å². The van der Waals surface area contributed by atoms with Crippen LogP contribution >= 0.6 is 12.4 Å². The highest BCUT2D eigenvalue weighted by atomic mass is 35.5. The Morgan fingerprint density at radius 2 is 2.09 bits per heavy atom. The highest BCUT2D eigenvalue weighted by Gasteiger charge is 2.21. The minimum Gasteiger partial charge on any atom is -0.381 e. The van der Waals surface area contributed by atoms with Crippen molar-refractivity contribution >= 4 is 18.3 Å². The molecule has 1 fully saturated rings. The van der Waals surface area contributed by atoms with E-state index in [1.54, 1.807) is 0 Å². The van der Waals surface area contributed by atoms with Crippen LogP contribution in [0.2, 0.25) is 0 Å². The van der Waals surface area contributed by atoms with Crippen LogP contribution in [-0.4, -0.2) is 50.2 Å². The van der Waals surface area contributed by atoms with Gasteiger partial charge in [0.15, 0.2) is 0 Å². The third-order valence-electron chi connectivity index (χ3n) is 4.24. The number of likely N-dealkylation sites (N-methyl/N-ethyl adjacent to an activating group) is 1. The van der Waals surface area contributed by atoms with Crippen molar-refractivity contribution in [3.8, 4) is 0 Å². The molecule has 1 atom stereocenters. The van der Waals surface area contributed by atoms with Gasteiger partial charge in [0, 0.05) is 32.2 Å². The topological polar surface area (TPSA) is 41.6 Å². The fraction of sp³-hybridized carbons (Fsp3) is 0.611. The summed E-state index contributed by atoms with van der Waals surface area (Å²) in [6.45, 7) is 3.15. The highest BCUT2D eigenvalue weighted by Crippen LogP contribution is 2.11. The van der Waals surface area contributed by atoms with Crippen molar-refractivity contribution in [2.45, 2.75) is 38.1 Å². The second-order valence-electron chi connectivity index (χ2n) is 5.92. The first-order valence-electron chi connectivity index (χ1n) is 8.36. The smallest absolute Gasteiger partial charge is 0.222 e. The van der Waals surface area contributed by atoms with Crippen LogP contribution in [0.4, 0.5) is 0 Å². The Balaban J connectivity index is 0.00000264. The first kappa shape index (κ1) is 19.9. The van der Waals surface area contributed by atoms with Crippen molar-refractivity contribution in [2.24, 2.45) is 0 Å². The van der Waals surface area contributed by atoms with Crippen LogP contribution in [0.25, 0.3) is 0 Å². The SMILES string of the molecule is CNC1CCCN(C(=O)CCCOCCc2ccccc2)C1.Cl. The van der Waals surface area contributed by atoms with Crippen molar-refractivity contribution < 1.29 is 9.53 Å². The standard InChI is InChI=1S/C18H28N2O2.ClH/c1-19-17-9-5-12-20(15-17)18(21)10-6-13-22-14-11-16-7-3-2-4-8-16;/h2-4,7-8,17,19H,5-6,9-15H2,1H3;1H. The Labute approximate surface area is 146 Å². The van der Waals surface area contributed by atoms with E-state index in [0.717, 1.165) is 39.0 Å². The van der Waals surface area contributed by atoms with Gasteiger partial charge in [0.1, 0.15) is 0 Å². The summed E-state index contributed by atoms with van der Waals surface area (Å²) in [5, 5.41) is 3.27. The summed E-state index contributed by atoms with van der Waals surface area (Å²) >= 11 is 0. The average Bonchev–Trinajstić information content (AvgIpc) is 2.58. The van der Waals surface area contributed by atoms with E-state index >= 15 is 0 Å². The molecule has 1 aromatic carbocycles. The van der Waals surface area contributed by atoms with Gasteiger partial charge in [-0.2, -0.15) is 0 Å². The molecular formula is C18H29ClN2O2. The van der Waals surface area contributed by atoms with E-state index < -0.39 is 0 Å². The third-order valence-corrected chi connectivity index (χ3v) is 4.24. The fourth-order valence-corrected chi connectivity index (χ4v) is 2.86. The minimum absolute atomic E-state index is 0. The Hall–Kier alpha value is -1.10. The van der Waals surface area contributed by atoms with Crippen molar-refractivity contribution in [1.82, 2.24) is 10.2 Å². The van der Waals surface area contributed by atoms with Crippen LogP contribution in [-0.2, 0) is 16.0 Å². The van der Waals surface area contributed by atoms with Gasteiger partial charge in [-0.05, 0) is 38.3 Å². The van der Waals surface area contributed by atoms with Gasteiger partial charge in [-0.15, -0.1) is 12.4 Å². The maximum absolute atomic E-state index is 12.2. The molecule has 1 amide bonds. The summed E-state index contributed by atoms with van der Waals surface area (Å²) in [5.74, 6) is 0.270. The first-order chi connectivity index (χ1) is 10.8. The Morgan fingerprint density at radius 3 is 2.83 bits per heavy atom. The van der Waals surface area contributed by atoms with Crippen LogP contribution < -0.4 is 5.32 Å². The molecule has 0 radical (unpaired) electrons. The summed E-state index contributed by atoms with van der Waals surface area (Å²) in [6.07, 6.45) is 4.62. The van der Waals surface area contributed by atoms with Gasteiger partial charge in [-0.25, -0.2) is 0 Å². The maximum atomic E-state index is 12.2. The number of ether oxygens (including phenoxy) is 1. The van der Waals surface area contributed by atoms with Gasteiger partial charge >= 0.3 is 0 Å². The predicted octanol–water partition coefficient (Wildman–Crippen LogP) is 2.66. The zero-order chi connectivity index (χ0) is 15.6. The second kappa shape index (κ2) is 11.4. The van der Waals surface area contributed by atoms with E-state index in [1.165, 1.54) is 12.0 Å². The van der Waals surface area contributed by atoms with Crippen LogP contribution in [0.3, 0.4) is 0 Å². The normalized spacial score (nSPS) is 17.6. The van der Waals surface area contributed by atoms with Gasteiger partial charge in [0.25, 0.3) is 0 Å². The van der Waals surface area contributed by atoms with Crippen molar-refractivity contribution in [3.63, 3.8) is 0 Å². The molecule has 1 aliphatic rings. The van der Waals surface area contributed by atoms with Gasteiger partial charge in [0.05, 0.1) is 6.61 Å².